The fraction of sp³-hybridized carbons (Fsp3) is 0.364. The number of carbonyl (C=O) groups excluding carboxylic acids is 3. The van der Waals surface area contributed by atoms with E-state index in [4.69, 9.17) is 16.3 Å². The highest BCUT2D eigenvalue weighted by Crippen LogP contribution is 2.37. The number of halogens is 2. The maximum Gasteiger partial charge on any atom is 0.410 e. The second kappa shape index (κ2) is 12.5. The van der Waals surface area contributed by atoms with Gasteiger partial charge in [0.05, 0.1) is 34.3 Å². The van der Waals surface area contributed by atoms with Crippen molar-refractivity contribution < 1.29 is 23.5 Å². The van der Waals surface area contributed by atoms with Crippen molar-refractivity contribution >= 4 is 40.9 Å². The van der Waals surface area contributed by atoms with Crippen molar-refractivity contribution in [3.8, 4) is 11.1 Å². The Kier molecular flexibility index (Phi) is 8.53. The molecule has 0 atom stereocenters. The second-order valence-corrected chi connectivity index (χ2v) is 13.0. The molecule has 0 saturated carbocycles. The molecule has 0 fully saturated rings. The third kappa shape index (κ3) is 6.32. The van der Waals surface area contributed by atoms with E-state index in [1.807, 2.05) is 0 Å². The number of aromatic nitrogens is 4. The average Bonchev–Trinajstić information content (AvgIpc) is 3.55. The Morgan fingerprint density at radius 1 is 0.894 bits per heavy atom. The first-order chi connectivity index (χ1) is 22.3. The van der Waals surface area contributed by atoms with E-state index < -0.39 is 29.3 Å². The minimum Gasteiger partial charge on any atom is -0.444 e. The molecule has 0 bridgehead atoms. The van der Waals surface area contributed by atoms with Gasteiger partial charge in [0.1, 0.15) is 5.60 Å². The van der Waals surface area contributed by atoms with Gasteiger partial charge in [0.2, 0.25) is 0 Å². The Labute approximate surface area is 276 Å². The molecule has 14 heteroatoms. The third-order valence-electron chi connectivity index (χ3n) is 8.23. The molecule has 6 rings (SSSR count). The van der Waals surface area contributed by atoms with E-state index in [9.17, 15) is 14.4 Å². The van der Waals surface area contributed by atoms with Crippen molar-refractivity contribution in [2.45, 2.75) is 52.3 Å². The number of benzene rings is 2. The number of hydrogen-bond donors (Lipinski definition) is 3. The van der Waals surface area contributed by atoms with Crippen LogP contribution in [0.3, 0.4) is 0 Å². The molecule has 47 heavy (non-hydrogen) atoms. The van der Waals surface area contributed by atoms with Crippen LogP contribution in [0.2, 0.25) is 5.02 Å². The molecule has 12 nitrogen and oxygen atoms in total. The maximum absolute atomic E-state index is 15.9. The summed E-state index contributed by atoms with van der Waals surface area (Å²) in [6.07, 6.45) is 0.816. The molecule has 3 N–H and O–H groups in total. The van der Waals surface area contributed by atoms with Crippen molar-refractivity contribution in [3.05, 3.63) is 81.7 Å². The highest BCUT2D eigenvalue weighted by molar-refractivity contribution is 6.36. The molecule has 2 aliphatic rings. The van der Waals surface area contributed by atoms with Gasteiger partial charge in [0.15, 0.2) is 17.5 Å². The van der Waals surface area contributed by atoms with Gasteiger partial charge in [0, 0.05) is 69.1 Å². The zero-order chi connectivity index (χ0) is 33.6. The Hall–Kier alpha value is -4.75. The van der Waals surface area contributed by atoms with Crippen molar-refractivity contribution in [1.29, 1.82) is 0 Å². The van der Waals surface area contributed by atoms with Crippen LogP contribution in [-0.4, -0.2) is 60.6 Å². The van der Waals surface area contributed by atoms with Crippen LogP contribution in [0.15, 0.2) is 36.4 Å². The molecule has 0 unspecified atom stereocenters. The molecule has 4 aromatic rings. The van der Waals surface area contributed by atoms with E-state index in [2.05, 4.69) is 25.9 Å². The number of ether oxygens (including phenoxy) is 1. The van der Waals surface area contributed by atoms with Crippen molar-refractivity contribution in [3.63, 3.8) is 0 Å². The Balaban J connectivity index is 1.20. The predicted molar refractivity (Wildman–Crippen MR) is 175 cm³/mol. The minimum absolute atomic E-state index is 0.0314. The van der Waals surface area contributed by atoms with Gasteiger partial charge < -0.3 is 34.7 Å². The summed E-state index contributed by atoms with van der Waals surface area (Å²) in [7, 11) is 3.52. The number of imidazole rings is 2. The highest BCUT2D eigenvalue weighted by atomic mass is 35.5. The topological polar surface area (TPSA) is 135 Å². The van der Waals surface area contributed by atoms with Crippen LogP contribution in [0, 0.1) is 5.82 Å². The van der Waals surface area contributed by atoms with Gasteiger partial charge >= 0.3 is 6.09 Å². The lowest BCUT2D eigenvalue weighted by molar-refractivity contribution is 0.0220. The van der Waals surface area contributed by atoms with Gasteiger partial charge in [-0.25, -0.2) is 19.2 Å². The van der Waals surface area contributed by atoms with E-state index in [0.29, 0.717) is 30.8 Å². The number of anilines is 2. The van der Waals surface area contributed by atoms with Gasteiger partial charge in [-0.2, -0.15) is 0 Å². The fourth-order valence-corrected chi connectivity index (χ4v) is 6.18. The Morgan fingerprint density at radius 3 is 2.15 bits per heavy atom. The summed E-state index contributed by atoms with van der Waals surface area (Å²) in [5.41, 5.74) is 3.29. The first-order valence-corrected chi connectivity index (χ1v) is 15.7. The fourth-order valence-electron chi connectivity index (χ4n) is 5.90. The molecule has 4 heterocycles. The van der Waals surface area contributed by atoms with Crippen LogP contribution < -0.4 is 16.0 Å². The average molecular weight is 663 g/mol. The van der Waals surface area contributed by atoms with Crippen LogP contribution in [0.25, 0.3) is 11.1 Å². The number of amides is 3. The maximum atomic E-state index is 15.9. The van der Waals surface area contributed by atoms with E-state index in [1.54, 1.807) is 79.2 Å². The molecule has 0 aliphatic carbocycles. The van der Waals surface area contributed by atoms with Gasteiger partial charge in [0.25, 0.3) is 11.8 Å². The first kappa shape index (κ1) is 32.2. The summed E-state index contributed by atoms with van der Waals surface area (Å²) in [5.74, 6) is -1.39. The normalized spacial score (nSPS) is 14.3. The third-order valence-corrected chi connectivity index (χ3v) is 8.63. The zero-order valence-electron chi connectivity index (χ0n) is 26.8. The summed E-state index contributed by atoms with van der Waals surface area (Å²) >= 11 is 6.75. The van der Waals surface area contributed by atoms with E-state index >= 15 is 4.39 Å². The Morgan fingerprint density at radius 2 is 1.49 bits per heavy atom. The van der Waals surface area contributed by atoms with Crippen molar-refractivity contribution in [2.75, 3.05) is 23.7 Å². The summed E-state index contributed by atoms with van der Waals surface area (Å²) in [4.78, 5) is 49.8. The van der Waals surface area contributed by atoms with Crippen LogP contribution in [0.4, 0.5) is 20.6 Å². The molecule has 2 aromatic heterocycles. The van der Waals surface area contributed by atoms with E-state index in [0.717, 1.165) is 30.0 Å². The van der Waals surface area contributed by atoms with E-state index in [-0.39, 0.29) is 40.2 Å². The summed E-state index contributed by atoms with van der Waals surface area (Å²) < 4.78 is 24.9. The molecule has 2 aromatic carbocycles. The number of rotatable bonds is 5. The Bertz CT molecular complexity index is 1910. The summed E-state index contributed by atoms with van der Waals surface area (Å²) in [6, 6.07) is 9.52. The number of nitrogens with one attached hydrogen (secondary N) is 3. The summed E-state index contributed by atoms with van der Waals surface area (Å²) in [5, 5.41) is 8.80. The number of carbonyl (C=O) groups is 3. The lowest BCUT2D eigenvalue weighted by atomic mass is 10.0. The highest BCUT2D eigenvalue weighted by Gasteiger charge is 2.31. The van der Waals surface area contributed by atoms with Gasteiger partial charge in [-0.3, -0.25) is 9.59 Å². The molecule has 2 aliphatic heterocycles. The predicted octanol–water partition coefficient (Wildman–Crippen LogP) is 5.06. The molecule has 0 spiro atoms. The summed E-state index contributed by atoms with van der Waals surface area (Å²) in [6.45, 7) is 7.43. The van der Waals surface area contributed by atoms with Crippen LogP contribution in [0.1, 0.15) is 64.8 Å². The van der Waals surface area contributed by atoms with Crippen molar-refractivity contribution in [1.82, 2.24) is 29.3 Å². The number of hydrogen-bond acceptors (Lipinski definition) is 7. The molecule has 0 radical (unpaired) electrons. The smallest absolute Gasteiger partial charge is 0.410 e. The minimum atomic E-state index is -0.682. The molecular formula is C33H36ClFN8O4. The van der Waals surface area contributed by atoms with Crippen LogP contribution in [0.5, 0.6) is 0 Å². The zero-order valence-corrected chi connectivity index (χ0v) is 27.6. The van der Waals surface area contributed by atoms with Gasteiger partial charge in [-0.15, -0.1) is 0 Å². The van der Waals surface area contributed by atoms with Gasteiger partial charge in [-0.05, 0) is 32.9 Å². The standard InChI is InChI=1S/C33H36ClFN8O4/c1-33(2,3)47-32(46)43-15-13-25-23(17-43)38-29(42(25)5)30(44)39-20-10-6-8-18(26(20)34)19-9-7-11-21(27(19)35)40-31(45)28-37-22-16-36-14-12-24(22)41(28)4/h6-11,36H,12-17H2,1-5H3,(H,39,44)(H,40,45). The van der Waals surface area contributed by atoms with E-state index in [1.165, 1.54) is 6.07 Å². The first-order valence-electron chi connectivity index (χ1n) is 15.3. The lowest BCUT2D eigenvalue weighted by Gasteiger charge is -2.29. The quantitative estimate of drug-likeness (QED) is 0.272. The monoisotopic (exact) mass is 662 g/mol. The van der Waals surface area contributed by atoms with Crippen LogP contribution in [-0.2, 0) is 44.8 Å². The second-order valence-electron chi connectivity index (χ2n) is 12.6. The largest absolute Gasteiger partial charge is 0.444 e. The molecule has 0 saturated heterocycles. The number of fused-ring (bicyclic) bond motifs is 2. The van der Waals surface area contributed by atoms with Crippen molar-refractivity contribution in [2.24, 2.45) is 14.1 Å². The lowest BCUT2D eigenvalue weighted by Crippen LogP contribution is -2.40. The molecule has 246 valence electrons. The SMILES string of the molecule is Cn1c(C(=O)Nc2cccc(-c3cccc(NC(=O)c4nc5c(n4C)CCN(C(=O)OC(C)(C)C)C5)c3Cl)c2F)nc2c1CCNC2. The van der Waals surface area contributed by atoms with Crippen LogP contribution >= 0.6 is 11.6 Å². The number of nitrogens with zero attached hydrogens (tertiary/aromatic N) is 5. The van der Waals surface area contributed by atoms with Gasteiger partial charge in [-0.1, -0.05) is 35.9 Å². The molecule has 3 amide bonds. The molecular weight excluding hydrogens is 627 g/mol.